The van der Waals surface area contributed by atoms with Gasteiger partial charge in [-0.15, -0.1) is 0 Å². The second-order valence-corrected chi connectivity index (χ2v) is 4.54. The van der Waals surface area contributed by atoms with E-state index >= 15 is 0 Å². The number of amides is 1. The molecule has 0 aliphatic rings. The lowest BCUT2D eigenvalue weighted by Crippen LogP contribution is -2.14. The SMILES string of the molecule is CCc1cc(C(=O)Nc2cc(F)ccc2C)cc(N)n1. The Labute approximate surface area is 116 Å². The number of nitrogen functional groups attached to an aromatic ring is 1. The molecule has 104 valence electrons. The van der Waals surface area contributed by atoms with Gasteiger partial charge in [0.2, 0.25) is 0 Å². The van der Waals surface area contributed by atoms with Crippen molar-refractivity contribution in [3.63, 3.8) is 0 Å². The van der Waals surface area contributed by atoms with Gasteiger partial charge < -0.3 is 11.1 Å². The third-order valence-electron chi connectivity index (χ3n) is 2.97. The number of nitrogens with one attached hydrogen (secondary N) is 1. The van der Waals surface area contributed by atoms with Crippen LogP contribution in [-0.4, -0.2) is 10.9 Å². The molecule has 0 saturated heterocycles. The molecule has 3 N–H and O–H groups in total. The molecule has 0 unspecified atom stereocenters. The highest BCUT2D eigenvalue weighted by Crippen LogP contribution is 2.18. The number of carbonyl (C=O) groups is 1. The van der Waals surface area contributed by atoms with Crippen LogP contribution in [0.15, 0.2) is 30.3 Å². The fraction of sp³-hybridized carbons (Fsp3) is 0.200. The molecule has 0 aliphatic carbocycles. The zero-order valence-electron chi connectivity index (χ0n) is 11.4. The molecule has 1 heterocycles. The van der Waals surface area contributed by atoms with E-state index < -0.39 is 5.82 Å². The number of aromatic nitrogens is 1. The normalized spacial score (nSPS) is 10.3. The van der Waals surface area contributed by atoms with Crippen LogP contribution in [0.2, 0.25) is 0 Å². The number of rotatable bonds is 3. The molecule has 1 aromatic carbocycles. The Morgan fingerprint density at radius 3 is 2.80 bits per heavy atom. The van der Waals surface area contributed by atoms with Crippen LogP contribution in [0.5, 0.6) is 0 Å². The van der Waals surface area contributed by atoms with E-state index in [1.807, 2.05) is 6.92 Å². The summed E-state index contributed by atoms with van der Waals surface area (Å²) in [5.41, 5.74) is 8.06. The minimum Gasteiger partial charge on any atom is -0.384 e. The van der Waals surface area contributed by atoms with Gasteiger partial charge in [0.05, 0.1) is 0 Å². The minimum atomic E-state index is -0.394. The highest BCUT2D eigenvalue weighted by Gasteiger charge is 2.10. The number of anilines is 2. The lowest BCUT2D eigenvalue weighted by molar-refractivity contribution is 0.102. The van der Waals surface area contributed by atoms with Crippen LogP contribution in [0.3, 0.4) is 0 Å². The summed E-state index contributed by atoms with van der Waals surface area (Å²) >= 11 is 0. The predicted molar refractivity (Wildman–Crippen MR) is 77.1 cm³/mol. The number of benzene rings is 1. The maximum atomic E-state index is 13.2. The van der Waals surface area contributed by atoms with Gasteiger partial charge in [-0.05, 0) is 43.2 Å². The molecule has 2 rings (SSSR count). The molecule has 0 radical (unpaired) electrons. The largest absolute Gasteiger partial charge is 0.384 e. The Hall–Kier alpha value is -2.43. The van der Waals surface area contributed by atoms with Crippen LogP contribution in [0.1, 0.15) is 28.5 Å². The third-order valence-corrected chi connectivity index (χ3v) is 2.97. The molecule has 1 aromatic heterocycles. The summed E-state index contributed by atoms with van der Waals surface area (Å²) in [6.45, 7) is 3.73. The first-order valence-corrected chi connectivity index (χ1v) is 6.33. The summed E-state index contributed by atoms with van der Waals surface area (Å²) in [6, 6.07) is 7.44. The number of nitrogens with zero attached hydrogens (tertiary/aromatic N) is 1. The maximum Gasteiger partial charge on any atom is 0.255 e. The fourth-order valence-corrected chi connectivity index (χ4v) is 1.85. The number of aryl methyl sites for hydroxylation is 2. The molecule has 20 heavy (non-hydrogen) atoms. The molecule has 2 aromatic rings. The highest BCUT2D eigenvalue weighted by molar-refractivity contribution is 6.05. The van der Waals surface area contributed by atoms with Crippen LogP contribution in [0.25, 0.3) is 0 Å². The van der Waals surface area contributed by atoms with Crippen LogP contribution >= 0.6 is 0 Å². The van der Waals surface area contributed by atoms with Gasteiger partial charge in [-0.2, -0.15) is 0 Å². The summed E-state index contributed by atoms with van der Waals surface area (Å²) < 4.78 is 13.2. The van der Waals surface area contributed by atoms with Gasteiger partial charge in [-0.3, -0.25) is 4.79 Å². The van der Waals surface area contributed by atoms with Crippen molar-refractivity contribution in [1.29, 1.82) is 0 Å². The van der Waals surface area contributed by atoms with Gasteiger partial charge in [0, 0.05) is 16.9 Å². The predicted octanol–water partition coefficient (Wildman–Crippen LogP) is 2.93. The fourth-order valence-electron chi connectivity index (χ4n) is 1.85. The molecule has 0 bridgehead atoms. The summed E-state index contributed by atoms with van der Waals surface area (Å²) in [7, 11) is 0. The first-order chi connectivity index (χ1) is 9.49. The van der Waals surface area contributed by atoms with Crippen molar-refractivity contribution in [2.75, 3.05) is 11.1 Å². The molecule has 0 aliphatic heterocycles. The smallest absolute Gasteiger partial charge is 0.255 e. The van der Waals surface area contributed by atoms with E-state index in [-0.39, 0.29) is 5.91 Å². The van der Waals surface area contributed by atoms with Gasteiger partial charge in [-0.1, -0.05) is 13.0 Å². The first kappa shape index (κ1) is 14.0. The molecule has 1 amide bonds. The van der Waals surface area contributed by atoms with E-state index in [1.54, 1.807) is 19.1 Å². The third kappa shape index (κ3) is 3.12. The number of carbonyl (C=O) groups excluding carboxylic acids is 1. The molecule has 5 heteroatoms. The number of hydrogen-bond donors (Lipinski definition) is 2. The topological polar surface area (TPSA) is 68.0 Å². The Balaban J connectivity index is 2.28. The number of hydrogen-bond acceptors (Lipinski definition) is 3. The van der Waals surface area contributed by atoms with E-state index in [2.05, 4.69) is 10.3 Å². The van der Waals surface area contributed by atoms with Crippen molar-refractivity contribution in [1.82, 2.24) is 4.98 Å². The summed E-state index contributed by atoms with van der Waals surface area (Å²) in [5.74, 6) is -0.428. The highest BCUT2D eigenvalue weighted by atomic mass is 19.1. The van der Waals surface area contributed by atoms with Crippen molar-refractivity contribution in [3.8, 4) is 0 Å². The quantitative estimate of drug-likeness (QED) is 0.903. The zero-order valence-corrected chi connectivity index (χ0v) is 11.4. The standard InChI is InChI=1S/C15H16FN3O/c1-3-12-6-10(7-14(17)18-12)15(20)19-13-8-11(16)5-4-9(13)2/h4-8H,3H2,1-2H3,(H2,17,18)(H,19,20). The lowest BCUT2D eigenvalue weighted by atomic mass is 10.1. The van der Waals surface area contributed by atoms with E-state index in [4.69, 9.17) is 5.73 Å². The van der Waals surface area contributed by atoms with Gasteiger partial charge >= 0.3 is 0 Å². The van der Waals surface area contributed by atoms with E-state index in [0.29, 0.717) is 23.5 Å². The maximum absolute atomic E-state index is 13.2. The Kier molecular flexibility index (Phi) is 3.98. The van der Waals surface area contributed by atoms with Crippen molar-refractivity contribution in [3.05, 3.63) is 53.0 Å². The number of nitrogens with two attached hydrogens (primary N) is 1. The number of pyridine rings is 1. The minimum absolute atomic E-state index is 0.297. The second-order valence-electron chi connectivity index (χ2n) is 4.54. The molecule has 0 saturated carbocycles. The first-order valence-electron chi connectivity index (χ1n) is 6.33. The summed E-state index contributed by atoms with van der Waals surface area (Å²) in [5, 5.41) is 2.68. The van der Waals surface area contributed by atoms with Gasteiger partial charge in [0.25, 0.3) is 5.91 Å². The Morgan fingerprint density at radius 1 is 1.35 bits per heavy atom. The average Bonchev–Trinajstić information content (AvgIpc) is 2.42. The molecular formula is C15H16FN3O. The van der Waals surface area contributed by atoms with Crippen LogP contribution < -0.4 is 11.1 Å². The van der Waals surface area contributed by atoms with E-state index in [9.17, 15) is 9.18 Å². The van der Waals surface area contributed by atoms with Crippen molar-refractivity contribution in [2.24, 2.45) is 0 Å². The summed E-state index contributed by atoms with van der Waals surface area (Å²) in [6.07, 6.45) is 0.685. The van der Waals surface area contributed by atoms with Crippen molar-refractivity contribution in [2.45, 2.75) is 20.3 Å². The number of halogens is 1. The van der Waals surface area contributed by atoms with Gasteiger partial charge in [-0.25, -0.2) is 9.37 Å². The average molecular weight is 273 g/mol. The Morgan fingerprint density at radius 2 is 2.10 bits per heavy atom. The molecule has 0 spiro atoms. The van der Waals surface area contributed by atoms with Crippen LogP contribution in [0.4, 0.5) is 15.9 Å². The monoisotopic (exact) mass is 273 g/mol. The molecule has 4 nitrogen and oxygen atoms in total. The lowest BCUT2D eigenvalue weighted by Gasteiger charge is -2.09. The molecule has 0 atom stereocenters. The van der Waals surface area contributed by atoms with E-state index in [0.717, 1.165) is 11.3 Å². The van der Waals surface area contributed by atoms with Crippen molar-refractivity contribution < 1.29 is 9.18 Å². The van der Waals surface area contributed by atoms with Crippen molar-refractivity contribution >= 4 is 17.4 Å². The van der Waals surface area contributed by atoms with Gasteiger partial charge in [0.1, 0.15) is 11.6 Å². The molecular weight excluding hydrogens is 257 g/mol. The van der Waals surface area contributed by atoms with Crippen LogP contribution in [-0.2, 0) is 6.42 Å². The van der Waals surface area contributed by atoms with Crippen LogP contribution in [0, 0.1) is 12.7 Å². The second kappa shape index (κ2) is 5.69. The summed E-state index contributed by atoms with van der Waals surface area (Å²) in [4.78, 5) is 16.3. The van der Waals surface area contributed by atoms with Gasteiger partial charge in [0.15, 0.2) is 0 Å². The van der Waals surface area contributed by atoms with E-state index in [1.165, 1.54) is 18.2 Å². The zero-order chi connectivity index (χ0) is 14.7. The Bertz CT molecular complexity index is 656. The molecule has 0 fully saturated rings.